The van der Waals surface area contributed by atoms with Crippen LogP contribution in [-0.4, -0.2) is 65.2 Å². The number of ether oxygens (including phenoxy) is 3. The molecular weight excluding hydrogens is 434 g/mol. The molecule has 1 aliphatic heterocycles. The van der Waals surface area contributed by atoms with E-state index in [4.69, 9.17) is 14.2 Å². The molecule has 3 aromatic heterocycles. The van der Waals surface area contributed by atoms with Crippen molar-refractivity contribution in [3.05, 3.63) is 41.7 Å². The molecule has 0 radical (unpaired) electrons. The Hall–Kier alpha value is -3.43. The molecular formula is C25H29N5O4. The molecule has 9 nitrogen and oxygen atoms in total. The van der Waals surface area contributed by atoms with Gasteiger partial charge in [-0.2, -0.15) is 5.10 Å². The van der Waals surface area contributed by atoms with Crippen LogP contribution < -0.4 is 10.1 Å². The number of nitrogens with one attached hydrogen (secondary N) is 2. The molecule has 0 amide bonds. The smallest absolute Gasteiger partial charge is 0.338 e. The number of aryl methyl sites for hydroxylation is 2. The molecule has 0 aliphatic carbocycles. The average molecular weight is 464 g/mol. The van der Waals surface area contributed by atoms with Crippen molar-refractivity contribution < 1.29 is 19.0 Å². The Balaban J connectivity index is 1.47. The molecule has 1 fully saturated rings. The number of H-pyrrole nitrogens is 1. The van der Waals surface area contributed by atoms with E-state index in [0.717, 1.165) is 71.4 Å². The van der Waals surface area contributed by atoms with Crippen molar-refractivity contribution >= 4 is 27.8 Å². The predicted molar refractivity (Wildman–Crippen MR) is 129 cm³/mol. The number of rotatable bonds is 7. The summed E-state index contributed by atoms with van der Waals surface area (Å²) in [6, 6.07) is 7.57. The summed E-state index contributed by atoms with van der Waals surface area (Å²) in [5.74, 6) is 0.215. The summed E-state index contributed by atoms with van der Waals surface area (Å²) in [7, 11) is 3.28. The van der Waals surface area contributed by atoms with Gasteiger partial charge in [0.1, 0.15) is 5.75 Å². The molecule has 1 atom stereocenters. The highest BCUT2D eigenvalue weighted by Gasteiger charge is 2.18. The lowest BCUT2D eigenvalue weighted by atomic mass is 10.1. The van der Waals surface area contributed by atoms with Crippen LogP contribution in [0.4, 0.5) is 0 Å². The number of pyridine rings is 1. The maximum Gasteiger partial charge on any atom is 0.338 e. The van der Waals surface area contributed by atoms with Crippen LogP contribution in [0.3, 0.4) is 0 Å². The van der Waals surface area contributed by atoms with E-state index in [1.807, 2.05) is 43.0 Å². The Morgan fingerprint density at radius 1 is 1.26 bits per heavy atom. The molecule has 4 heterocycles. The van der Waals surface area contributed by atoms with Crippen molar-refractivity contribution in [3.63, 3.8) is 0 Å². The fourth-order valence-electron chi connectivity index (χ4n) is 4.50. The third kappa shape index (κ3) is 4.36. The lowest BCUT2D eigenvalue weighted by Gasteiger charge is -2.23. The van der Waals surface area contributed by atoms with Crippen LogP contribution >= 0.6 is 0 Å². The third-order valence-corrected chi connectivity index (χ3v) is 6.17. The van der Waals surface area contributed by atoms with Gasteiger partial charge < -0.3 is 24.5 Å². The van der Waals surface area contributed by atoms with E-state index in [2.05, 4.69) is 20.4 Å². The van der Waals surface area contributed by atoms with Gasteiger partial charge in [0.25, 0.3) is 0 Å². The molecule has 1 saturated heterocycles. The average Bonchev–Trinajstić information content (AvgIpc) is 3.40. The van der Waals surface area contributed by atoms with E-state index in [-0.39, 0.29) is 6.10 Å². The number of hydrogen-bond acceptors (Lipinski definition) is 7. The second-order valence-corrected chi connectivity index (χ2v) is 8.61. The quantitative estimate of drug-likeness (QED) is 0.320. The van der Waals surface area contributed by atoms with Crippen molar-refractivity contribution in [2.45, 2.75) is 25.9 Å². The van der Waals surface area contributed by atoms with Crippen LogP contribution in [0.1, 0.15) is 28.9 Å². The summed E-state index contributed by atoms with van der Waals surface area (Å²) in [4.78, 5) is 20.5. The number of carbonyl (C=O) groups excluding carboxylic acids is 1. The summed E-state index contributed by atoms with van der Waals surface area (Å²) < 4.78 is 18.7. The van der Waals surface area contributed by atoms with Gasteiger partial charge in [-0.25, -0.2) is 4.79 Å². The molecule has 2 N–H and O–H groups in total. The molecule has 1 aliphatic rings. The summed E-state index contributed by atoms with van der Waals surface area (Å²) in [5.41, 5.74) is 4.87. The van der Waals surface area contributed by atoms with Gasteiger partial charge in [0.15, 0.2) is 0 Å². The molecule has 4 aromatic rings. The number of aromatic amines is 1. The summed E-state index contributed by atoms with van der Waals surface area (Å²) in [6.07, 6.45) is 3.80. The largest absolute Gasteiger partial charge is 0.491 e. The molecule has 9 heteroatoms. The van der Waals surface area contributed by atoms with Gasteiger partial charge in [-0.05, 0) is 44.0 Å². The molecule has 0 bridgehead atoms. The molecule has 1 aromatic carbocycles. The number of nitrogens with zero attached hydrogens (tertiary/aromatic N) is 3. The van der Waals surface area contributed by atoms with Gasteiger partial charge in [0.2, 0.25) is 0 Å². The van der Waals surface area contributed by atoms with E-state index in [0.29, 0.717) is 17.9 Å². The van der Waals surface area contributed by atoms with Gasteiger partial charge in [-0.15, -0.1) is 0 Å². The van der Waals surface area contributed by atoms with E-state index >= 15 is 0 Å². The highest BCUT2D eigenvalue weighted by atomic mass is 16.5. The topological polar surface area (TPSA) is 103 Å². The lowest BCUT2D eigenvalue weighted by molar-refractivity contribution is 0.0204. The Morgan fingerprint density at radius 2 is 2.15 bits per heavy atom. The second kappa shape index (κ2) is 9.44. The monoisotopic (exact) mass is 463 g/mol. The van der Waals surface area contributed by atoms with Gasteiger partial charge in [0, 0.05) is 37.1 Å². The molecule has 0 spiro atoms. The maximum absolute atomic E-state index is 12.3. The van der Waals surface area contributed by atoms with Crippen molar-refractivity contribution in [2.75, 3.05) is 33.4 Å². The molecule has 1 unspecified atom stereocenters. The van der Waals surface area contributed by atoms with E-state index in [1.54, 1.807) is 6.07 Å². The van der Waals surface area contributed by atoms with Gasteiger partial charge in [-0.3, -0.25) is 9.67 Å². The van der Waals surface area contributed by atoms with Crippen LogP contribution in [0.25, 0.3) is 33.2 Å². The first-order chi connectivity index (χ1) is 16.5. The Labute approximate surface area is 197 Å². The zero-order valence-corrected chi connectivity index (χ0v) is 19.7. The van der Waals surface area contributed by atoms with E-state index < -0.39 is 5.97 Å². The van der Waals surface area contributed by atoms with Gasteiger partial charge in [0.05, 0.1) is 60.1 Å². The van der Waals surface area contributed by atoms with Crippen molar-refractivity contribution in [1.29, 1.82) is 0 Å². The Bertz CT molecular complexity index is 1340. The standard InChI is InChI=1S/C25H29N5O4/c1-15-9-22(30(2)29-15)21-12-20-19(14-27-21)18-10-16(25(31)32-3)11-23(24(18)28-20)34-7-4-5-17-13-26-6-8-33-17/h9-12,14,17,26,28H,4-8,13H2,1-3H3. The third-order valence-electron chi connectivity index (χ3n) is 6.17. The fourth-order valence-corrected chi connectivity index (χ4v) is 4.50. The Morgan fingerprint density at radius 3 is 2.88 bits per heavy atom. The van der Waals surface area contributed by atoms with Gasteiger partial charge in [-0.1, -0.05) is 0 Å². The maximum atomic E-state index is 12.3. The van der Waals surface area contributed by atoms with E-state index in [1.165, 1.54) is 7.11 Å². The van der Waals surface area contributed by atoms with Crippen LogP contribution in [0, 0.1) is 6.92 Å². The predicted octanol–water partition coefficient (Wildman–Crippen LogP) is 3.36. The number of methoxy groups -OCH3 is 1. The number of esters is 1. The number of fused-ring (bicyclic) bond motifs is 3. The first-order valence-corrected chi connectivity index (χ1v) is 11.5. The number of carbonyl (C=O) groups is 1. The number of hydrogen-bond donors (Lipinski definition) is 2. The van der Waals surface area contributed by atoms with Crippen LogP contribution in [-0.2, 0) is 16.5 Å². The van der Waals surface area contributed by atoms with Crippen LogP contribution in [0.15, 0.2) is 30.5 Å². The van der Waals surface area contributed by atoms with Crippen molar-refractivity contribution in [3.8, 4) is 17.1 Å². The number of morpholine rings is 1. The lowest BCUT2D eigenvalue weighted by Crippen LogP contribution is -2.38. The molecule has 178 valence electrons. The summed E-state index contributed by atoms with van der Waals surface area (Å²) in [6.45, 7) is 5.00. The zero-order chi connectivity index (χ0) is 23.7. The van der Waals surface area contributed by atoms with Gasteiger partial charge >= 0.3 is 5.97 Å². The first kappa shape index (κ1) is 22.4. The number of aromatic nitrogens is 4. The summed E-state index contributed by atoms with van der Waals surface area (Å²) in [5, 5.41) is 9.55. The Kier molecular flexibility index (Phi) is 6.21. The molecule has 5 rings (SSSR count). The summed E-state index contributed by atoms with van der Waals surface area (Å²) >= 11 is 0. The van der Waals surface area contributed by atoms with E-state index in [9.17, 15) is 4.79 Å². The van der Waals surface area contributed by atoms with Crippen molar-refractivity contribution in [1.82, 2.24) is 25.1 Å². The molecule has 0 saturated carbocycles. The first-order valence-electron chi connectivity index (χ1n) is 11.5. The molecule has 34 heavy (non-hydrogen) atoms. The minimum Gasteiger partial charge on any atom is -0.491 e. The van der Waals surface area contributed by atoms with Crippen LogP contribution in [0.2, 0.25) is 0 Å². The SMILES string of the molecule is COC(=O)c1cc(OCCCC2CNCCO2)c2[nH]c3cc(-c4cc(C)nn4C)ncc3c2c1. The normalized spacial score (nSPS) is 16.3. The zero-order valence-electron chi connectivity index (χ0n) is 19.7. The second-order valence-electron chi connectivity index (χ2n) is 8.61. The fraction of sp³-hybridized carbons (Fsp3) is 0.400. The minimum atomic E-state index is -0.405. The van der Waals surface area contributed by atoms with Crippen molar-refractivity contribution in [2.24, 2.45) is 7.05 Å². The number of benzene rings is 1. The highest BCUT2D eigenvalue weighted by Crippen LogP contribution is 2.35. The van der Waals surface area contributed by atoms with Crippen LogP contribution in [0.5, 0.6) is 5.75 Å². The minimum absolute atomic E-state index is 0.215. The highest BCUT2D eigenvalue weighted by molar-refractivity contribution is 6.11.